The highest BCUT2D eigenvalue weighted by atomic mass is 35.5. The van der Waals surface area contributed by atoms with E-state index in [9.17, 15) is 0 Å². The number of aromatic nitrogens is 3. The minimum Gasteiger partial charge on any atom is -0.281 e. The quantitative estimate of drug-likeness (QED) is 0.675. The van der Waals surface area contributed by atoms with Crippen molar-refractivity contribution in [3.63, 3.8) is 0 Å². The maximum Gasteiger partial charge on any atom is 0.155 e. The van der Waals surface area contributed by atoms with Crippen LogP contribution in [-0.4, -0.2) is 20.8 Å². The van der Waals surface area contributed by atoms with Gasteiger partial charge in [-0.2, -0.15) is 0 Å². The first kappa shape index (κ1) is 13.2. The maximum absolute atomic E-state index is 6.22. The van der Waals surface area contributed by atoms with E-state index in [1.165, 1.54) is 0 Å². The lowest BCUT2D eigenvalue weighted by molar-refractivity contribution is 0.988. The number of rotatable bonds is 3. The number of thioether (sulfide) groups is 1. The molecule has 0 spiro atoms. The van der Waals surface area contributed by atoms with E-state index in [1.807, 2.05) is 59.5 Å². The summed E-state index contributed by atoms with van der Waals surface area (Å²) < 4.78 is 1.90. The van der Waals surface area contributed by atoms with Crippen molar-refractivity contribution in [2.24, 2.45) is 0 Å². The zero-order chi connectivity index (χ0) is 13.9. The lowest BCUT2D eigenvalue weighted by Gasteiger charge is -2.08. The maximum atomic E-state index is 6.22. The van der Waals surface area contributed by atoms with Crippen LogP contribution >= 0.6 is 23.4 Å². The fourth-order valence-electron chi connectivity index (χ4n) is 1.99. The Morgan fingerprint density at radius 2 is 1.85 bits per heavy atom. The molecule has 20 heavy (non-hydrogen) atoms. The summed E-state index contributed by atoms with van der Waals surface area (Å²) in [5.74, 6) is 0.807. The highest BCUT2D eigenvalue weighted by Gasteiger charge is 2.13. The first-order valence-electron chi connectivity index (χ1n) is 6.08. The van der Waals surface area contributed by atoms with Crippen LogP contribution in [0.15, 0.2) is 59.9 Å². The molecule has 3 aromatic rings. The van der Waals surface area contributed by atoms with Crippen LogP contribution < -0.4 is 0 Å². The molecule has 0 radical (unpaired) electrons. The molecule has 5 heteroatoms. The number of benzene rings is 1. The largest absolute Gasteiger partial charge is 0.281 e. The van der Waals surface area contributed by atoms with Crippen molar-refractivity contribution < 1.29 is 0 Å². The number of pyridine rings is 1. The minimum absolute atomic E-state index is 0.479. The van der Waals surface area contributed by atoms with Gasteiger partial charge in [-0.05, 0) is 18.4 Å². The summed E-state index contributed by atoms with van der Waals surface area (Å²) in [6, 6.07) is 14.0. The summed E-state index contributed by atoms with van der Waals surface area (Å²) in [5, 5.41) is 0.479. The molecule has 3 nitrogen and oxygen atoms in total. The highest BCUT2D eigenvalue weighted by Crippen LogP contribution is 2.29. The predicted molar refractivity (Wildman–Crippen MR) is 83.6 cm³/mol. The summed E-state index contributed by atoms with van der Waals surface area (Å²) >= 11 is 7.89. The third-order valence-electron chi connectivity index (χ3n) is 2.97. The number of hydrogen-bond acceptors (Lipinski definition) is 3. The van der Waals surface area contributed by atoms with Gasteiger partial charge in [0.05, 0.1) is 5.69 Å². The zero-order valence-electron chi connectivity index (χ0n) is 10.8. The molecule has 0 fully saturated rings. The second-order valence-electron chi connectivity index (χ2n) is 4.18. The fraction of sp³-hybridized carbons (Fsp3) is 0.0667. The Morgan fingerprint density at radius 1 is 1.05 bits per heavy atom. The van der Waals surface area contributed by atoms with E-state index < -0.39 is 0 Å². The SMILES string of the molecule is CSc1ccc(-n2cnc(Cl)c2-c2ccccc2)nc1. The molecule has 2 heterocycles. The first-order valence-corrected chi connectivity index (χ1v) is 7.68. The molecular weight excluding hydrogens is 290 g/mol. The van der Waals surface area contributed by atoms with Gasteiger partial charge in [-0.1, -0.05) is 41.9 Å². The third kappa shape index (κ3) is 2.44. The molecule has 0 aliphatic carbocycles. The smallest absolute Gasteiger partial charge is 0.155 e. The van der Waals surface area contributed by atoms with E-state index >= 15 is 0 Å². The van der Waals surface area contributed by atoms with Crippen LogP contribution in [0, 0.1) is 0 Å². The second kappa shape index (κ2) is 5.69. The molecule has 0 saturated heterocycles. The van der Waals surface area contributed by atoms with Crippen LogP contribution in [0.2, 0.25) is 5.15 Å². The Balaban J connectivity index is 2.11. The van der Waals surface area contributed by atoms with Crippen molar-refractivity contribution in [1.29, 1.82) is 0 Å². The molecule has 0 aliphatic heterocycles. The van der Waals surface area contributed by atoms with Crippen LogP contribution in [0.1, 0.15) is 0 Å². The highest BCUT2D eigenvalue weighted by molar-refractivity contribution is 7.98. The third-order valence-corrected chi connectivity index (χ3v) is 3.96. The fourth-order valence-corrected chi connectivity index (χ4v) is 2.60. The Morgan fingerprint density at radius 3 is 2.50 bits per heavy atom. The molecule has 2 aromatic heterocycles. The molecule has 0 aliphatic rings. The van der Waals surface area contributed by atoms with Crippen LogP contribution in [0.3, 0.4) is 0 Å². The average molecular weight is 302 g/mol. The average Bonchev–Trinajstić information content (AvgIpc) is 2.90. The normalized spacial score (nSPS) is 10.7. The van der Waals surface area contributed by atoms with Gasteiger partial charge >= 0.3 is 0 Å². The van der Waals surface area contributed by atoms with Crippen molar-refractivity contribution in [2.45, 2.75) is 4.90 Å². The van der Waals surface area contributed by atoms with Gasteiger partial charge in [0, 0.05) is 16.7 Å². The van der Waals surface area contributed by atoms with Crippen LogP contribution in [0.25, 0.3) is 17.1 Å². The van der Waals surface area contributed by atoms with Crippen LogP contribution in [0.5, 0.6) is 0 Å². The Hall–Kier alpha value is -1.78. The first-order chi connectivity index (χ1) is 9.79. The van der Waals surface area contributed by atoms with Gasteiger partial charge in [-0.3, -0.25) is 4.57 Å². The lowest BCUT2D eigenvalue weighted by Crippen LogP contribution is -1.98. The topological polar surface area (TPSA) is 30.7 Å². The van der Waals surface area contributed by atoms with Crippen molar-refractivity contribution >= 4 is 23.4 Å². The molecule has 3 rings (SSSR count). The van der Waals surface area contributed by atoms with Gasteiger partial charge < -0.3 is 0 Å². The monoisotopic (exact) mass is 301 g/mol. The minimum atomic E-state index is 0.479. The molecule has 0 amide bonds. The molecule has 100 valence electrons. The molecule has 1 aromatic carbocycles. The molecule has 0 N–H and O–H groups in total. The van der Waals surface area contributed by atoms with Crippen LogP contribution in [0.4, 0.5) is 0 Å². The molecular formula is C15H12ClN3S. The molecule has 0 bridgehead atoms. The van der Waals surface area contributed by atoms with Crippen molar-refractivity contribution in [2.75, 3.05) is 6.26 Å². The van der Waals surface area contributed by atoms with Gasteiger partial charge in [0.15, 0.2) is 5.15 Å². The molecule has 0 atom stereocenters. The van der Waals surface area contributed by atoms with Crippen molar-refractivity contribution in [3.8, 4) is 17.1 Å². The van der Waals surface area contributed by atoms with Crippen molar-refractivity contribution in [3.05, 3.63) is 60.1 Å². The summed E-state index contributed by atoms with van der Waals surface area (Å²) in [7, 11) is 0. The van der Waals surface area contributed by atoms with Gasteiger partial charge in [0.25, 0.3) is 0 Å². The molecule has 0 unspecified atom stereocenters. The number of halogens is 1. The summed E-state index contributed by atoms with van der Waals surface area (Å²) in [6.07, 6.45) is 5.58. The number of hydrogen-bond donors (Lipinski definition) is 0. The van der Waals surface area contributed by atoms with E-state index in [0.29, 0.717) is 5.15 Å². The Bertz CT molecular complexity index is 708. The molecule has 0 saturated carbocycles. The summed E-state index contributed by atoms with van der Waals surface area (Å²) in [4.78, 5) is 9.78. The van der Waals surface area contributed by atoms with Crippen LogP contribution in [-0.2, 0) is 0 Å². The van der Waals surface area contributed by atoms with Gasteiger partial charge in [0.2, 0.25) is 0 Å². The van der Waals surface area contributed by atoms with Crippen molar-refractivity contribution in [1.82, 2.24) is 14.5 Å². The number of imidazole rings is 1. The van der Waals surface area contributed by atoms with E-state index in [2.05, 4.69) is 9.97 Å². The van der Waals surface area contributed by atoms with E-state index in [1.54, 1.807) is 18.1 Å². The lowest BCUT2D eigenvalue weighted by atomic mass is 10.2. The van der Waals surface area contributed by atoms with E-state index in [-0.39, 0.29) is 0 Å². The predicted octanol–water partition coefficient (Wildman–Crippen LogP) is 4.31. The van der Waals surface area contributed by atoms with Gasteiger partial charge in [-0.15, -0.1) is 11.8 Å². The summed E-state index contributed by atoms with van der Waals surface area (Å²) in [6.45, 7) is 0. The second-order valence-corrected chi connectivity index (χ2v) is 5.41. The standard InChI is InChI=1S/C15H12ClN3S/c1-20-12-7-8-13(17-9-12)19-10-18-15(16)14(19)11-5-3-2-4-6-11/h2-10H,1H3. The van der Waals surface area contributed by atoms with E-state index in [4.69, 9.17) is 11.6 Å². The van der Waals surface area contributed by atoms with Gasteiger partial charge in [-0.25, -0.2) is 9.97 Å². The Labute approximate surface area is 126 Å². The Kier molecular flexibility index (Phi) is 3.76. The number of nitrogens with zero attached hydrogens (tertiary/aromatic N) is 3. The van der Waals surface area contributed by atoms with E-state index in [0.717, 1.165) is 22.0 Å². The summed E-state index contributed by atoms with van der Waals surface area (Å²) in [5.41, 5.74) is 1.88. The zero-order valence-corrected chi connectivity index (χ0v) is 12.4. The van der Waals surface area contributed by atoms with Gasteiger partial charge in [0.1, 0.15) is 12.1 Å².